The summed E-state index contributed by atoms with van der Waals surface area (Å²) in [5.41, 5.74) is 3.40. The van der Waals surface area contributed by atoms with Gasteiger partial charge in [0.05, 0.1) is 15.7 Å². The second-order valence-corrected chi connectivity index (χ2v) is 6.31. The van der Waals surface area contributed by atoms with Crippen molar-refractivity contribution in [1.29, 1.82) is 0 Å². The standard InChI is InChI=1S/C15H16Cl2N4O2/c1-15(2,23-14(22)21-18)7-10-6-13(20-8-19-10)9-3-4-11(16)12(17)5-9/h3-6,8H,7,18H2,1-2H3,(H,21,22). The molecule has 0 aliphatic rings. The highest BCUT2D eigenvalue weighted by Crippen LogP contribution is 2.28. The molecule has 0 saturated carbocycles. The van der Waals surface area contributed by atoms with E-state index in [1.54, 1.807) is 26.0 Å². The van der Waals surface area contributed by atoms with Gasteiger partial charge in [-0.2, -0.15) is 0 Å². The molecule has 1 aromatic carbocycles. The molecule has 8 heteroatoms. The number of amides is 1. The van der Waals surface area contributed by atoms with Crippen LogP contribution < -0.4 is 11.3 Å². The fourth-order valence-corrected chi connectivity index (χ4v) is 2.36. The summed E-state index contributed by atoms with van der Waals surface area (Å²) in [5, 5.41) is 0.930. The van der Waals surface area contributed by atoms with E-state index in [1.165, 1.54) is 6.33 Å². The predicted molar refractivity (Wildman–Crippen MR) is 89.1 cm³/mol. The Morgan fingerprint density at radius 3 is 2.65 bits per heavy atom. The van der Waals surface area contributed by atoms with Crippen LogP contribution in [0, 0.1) is 0 Å². The van der Waals surface area contributed by atoms with Gasteiger partial charge in [-0.15, -0.1) is 0 Å². The van der Waals surface area contributed by atoms with E-state index < -0.39 is 11.7 Å². The molecule has 0 unspecified atom stereocenters. The van der Waals surface area contributed by atoms with E-state index in [1.807, 2.05) is 17.6 Å². The van der Waals surface area contributed by atoms with Gasteiger partial charge in [0.15, 0.2) is 0 Å². The number of ether oxygens (including phenoxy) is 1. The van der Waals surface area contributed by atoms with Crippen molar-refractivity contribution in [2.24, 2.45) is 5.84 Å². The third kappa shape index (κ3) is 4.79. The molecule has 0 fully saturated rings. The van der Waals surface area contributed by atoms with Gasteiger partial charge in [-0.3, -0.25) is 5.43 Å². The lowest BCUT2D eigenvalue weighted by Gasteiger charge is -2.24. The van der Waals surface area contributed by atoms with Gasteiger partial charge in [0.25, 0.3) is 0 Å². The Labute approximate surface area is 143 Å². The predicted octanol–water partition coefficient (Wildman–Crippen LogP) is 3.37. The van der Waals surface area contributed by atoms with Gasteiger partial charge in [0, 0.05) is 17.7 Å². The topological polar surface area (TPSA) is 90.1 Å². The molecule has 0 bridgehead atoms. The van der Waals surface area contributed by atoms with Crippen LogP contribution in [0.3, 0.4) is 0 Å². The first kappa shape index (κ1) is 17.5. The molecule has 0 aliphatic carbocycles. The number of carbonyl (C=O) groups is 1. The lowest BCUT2D eigenvalue weighted by Crippen LogP contribution is -2.39. The number of hydrazine groups is 1. The van der Waals surface area contributed by atoms with Gasteiger partial charge in [0.2, 0.25) is 0 Å². The van der Waals surface area contributed by atoms with Crippen LogP contribution in [0.15, 0.2) is 30.6 Å². The van der Waals surface area contributed by atoms with Crippen molar-refractivity contribution in [3.05, 3.63) is 46.3 Å². The van der Waals surface area contributed by atoms with Gasteiger partial charge in [-0.1, -0.05) is 29.3 Å². The Morgan fingerprint density at radius 1 is 1.26 bits per heavy atom. The molecular weight excluding hydrogens is 339 g/mol. The van der Waals surface area contributed by atoms with Gasteiger partial charge < -0.3 is 4.74 Å². The number of carbonyl (C=O) groups excluding carboxylic acids is 1. The molecule has 2 rings (SSSR count). The maximum atomic E-state index is 11.3. The van der Waals surface area contributed by atoms with Crippen molar-refractivity contribution in [3.8, 4) is 11.3 Å². The van der Waals surface area contributed by atoms with Gasteiger partial charge in [0.1, 0.15) is 11.9 Å². The van der Waals surface area contributed by atoms with E-state index in [0.29, 0.717) is 22.2 Å². The summed E-state index contributed by atoms with van der Waals surface area (Å²) in [4.78, 5) is 19.7. The minimum absolute atomic E-state index is 0.400. The average molecular weight is 355 g/mol. The van der Waals surface area contributed by atoms with E-state index in [9.17, 15) is 4.79 Å². The van der Waals surface area contributed by atoms with Crippen molar-refractivity contribution in [2.45, 2.75) is 25.9 Å². The summed E-state index contributed by atoms with van der Waals surface area (Å²) in [7, 11) is 0. The molecule has 0 atom stereocenters. The third-order valence-electron chi connectivity index (χ3n) is 3.03. The van der Waals surface area contributed by atoms with Gasteiger partial charge >= 0.3 is 6.09 Å². The SMILES string of the molecule is CC(C)(Cc1cc(-c2ccc(Cl)c(Cl)c2)ncn1)OC(=O)NN. The number of nitrogens with two attached hydrogens (primary N) is 1. The molecule has 1 heterocycles. The number of halogens is 2. The number of nitrogens with one attached hydrogen (secondary N) is 1. The molecule has 1 aromatic heterocycles. The molecule has 0 spiro atoms. The maximum absolute atomic E-state index is 11.3. The highest BCUT2D eigenvalue weighted by Gasteiger charge is 2.24. The van der Waals surface area contributed by atoms with E-state index >= 15 is 0 Å². The Hall–Kier alpha value is -1.89. The van der Waals surface area contributed by atoms with Crippen LogP contribution in [0.25, 0.3) is 11.3 Å². The summed E-state index contributed by atoms with van der Waals surface area (Å²) in [6.07, 6.45) is 1.15. The molecule has 2 aromatic rings. The lowest BCUT2D eigenvalue weighted by molar-refractivity contribution is 0.0387. The number of rotatable bonds is 4. The fourth-order valence-electron chi connectivity index (χ4n) is 2.06. The van der Waals surface area contributed by atoms with Crippen LogP contribution in [0.2, 0.25) is 10.0 Å². The van der Waals surface area contributed by atoms with Crippen LogP contribution >= 0.6 is 23.2 Å². The molecular formula is C15H16Cl2N4O2. The number of hydrogen-bond donors (Lipinski definition) is 2. The van der Waals surface area contributed by atoms with E-state index in [-0.39, 0.29) is 0 Å². The Bertz CT molecular complexity index is 722. The first-order valence-corrected chi connectivity index (χ1v) is 7.52. The third-order valence-corrected chi connectivity index (χ3v) is 3.77. The zero-order valence-corrected chi connectivity index (χ0v) is 14.1. The summed E-state index contributed by atoms with van der Waals surface area (Å²) in [6.45, 7) is 3.53. The summed E-state index contributed by atoms with van der Waals surface area (Å²) < 4.78 is 5.20. The van der Waals surface area contributed by atoms with E-state index in [2.05, 4.69) is 9.97 Å². The van der Waals surface area contributed by atoms with Crippen molar-refractivity contribution < 1.29 is 9.53 Å². The zero-order valence-electron chi connectivity index (χ0n) is 12.6. The normalized spacial score (nSPS) is 11.2. The summed E-state index contributed by atoms with van der Waals surface area (Å²) >= 11 is 12.0. The Kier molecular flexibility index (Phi) is 5.41. The largest absolute Gasteiger partial charge is 0.442 e. The number of benzene rings is 1. The zero-order chi connectivity index (χ0) is 17.0. The van der Waals surface area contributed by atoms with E-state index in [0.717, 1.165) is 11.3 Å². The van der Waals surface area contributed by atoms with Crippen molar-refractivity contribution in [3.63, 3.8) is 0 Å². The first-order valence-electron chi connectivity index (χ1n) is 6.77. The lowest BCUT2D eigenvalue weighted by atomic mass is 10.0. The smallest absolute Gasteiger partial charge is 0.421 e. The van der Waals surface area contributed by atoms with Crippen molar-refractivity contribution >= 4 is 29.3 Å². The van der Waals surface area contributed by atoms with Crippen LogP contribution in [0.5, 0.6) is 0 Å². The quantitative estimate of drug-likeness (QED) is 0.499. The molecule has 0 saturated heterocycles. The van der Waals surface area contributed by atoms with Crippen LogP contribution in [0.4, 0.5) is 4.79 Å². The van der Waals surface area contributed by atoms with Crippen LogP contribution in [-0.2, 0) is 11.2 Å². The molecule has 3 N–H and O–H groups in total. The fraction of sp³-hybridized carbons (Fsp3) is 0.267. The molecule has 1 amide bonds. The molecule has 122 valence electrons. The average Bonchev–Trinajstić information content (AvgIpc) is 2.49. The number of nitrogens with zero attached hydrogens (tertiary/aromatic N) is 2. The highest BCUT2D eigenvalue weighted by molar-refractivity contribution is 6.42. The first-order chi connectivity index (χ1) is 10.8. The molecule has 0 radical (unpaired) electrons. The Balaban J connectivity index is 2.22. The minimum Gasteiger partial charge on any atom is -0.442 e. The second kappa shape index (κ2) is 7.12. The number of aromatic nitrogens is 2. The summed E-state index contributed by atoms with van der Waals surface area (Å²) in [6, 6.07) is 7.08. The highest BCUT2D eigenvalue weighted by atomic mass is 35.5. The van der Waals surface area contributed by atoms with Crippen molar-refractivity contribution in [1.82, 2.24) is 15.4 Å². The van der Waals surface area contributed by atoms with Crippen molar-refractivity contribution in [2.75, 3.05) is 0 Å². The van der Waals surface area contributed by atoms with Gasteiger partial charge in [-0.25, -0.2) is 20.6 Å². The molecule has 0 aliphatic heterocycles. The second-order valence-electron chi connectivity index (χ2n) is 5.49. The Morgan fingerprint density at radius 2 is 2.00 bits per heavy atom. The maximum Gasteiger partial charge on any atom is 0.421 e. The summed E-state index contributed by atoms with van der Waals surface area (Å²) in [5.74, 6) is 5.03. The van der Waals surface area contributed by atoms with Gasteiger partial charge in [-0.05, 0) is 32.0 Å². The molecule has 23 heavy (non-hydrogen) atoms. The molecule has 6 nitrogen and oxygen atoms in total. The van der Waals surface area contributed by atoms with Crippen LogP contribution in [0.1, 0.15) is 19.5 Å². The van der Waals surface area contributed by atoms with Crippen LogP contribution in [-0.4, -0.2) is 21.7 Å². The van der Waals surface area contributed by atoms with E-state index in [4.69, 9.17) is 33.8 Å². The number of hydrogen-bond acceptors (Lipinski definition) is 5. The minimum atomic E-state index is -0.771. The monoisotopic (exact) mass is 354 g/mol.